The first-order valence-electron chi connectivity index (χ1n) is 15.5. The Morgan fingerprint density at radius 1 is 1.20 bits per heavy atom. The predicted molar refractivity (Wildman–Crippen MR) is 165 cm³/mol. The molecular weight excluding hydrogens is 534 g/mol. The molecule has 1 aliphatic heterocycles. The van der Waals surface area contributed by atoms with Crippen LogP contribution < -0.4 is 16.0 Å². The van der Waals surface area contributed by atoms with Crippen molar-refractivity contribution in [3.05, 3.63) is 40.9 Å². The third kappa shape index (κ3) is 8.15. The van der Waals surface area contributed by atoms with Gasteiger partial charge in [-0.15, -0.1) is 11.3 Å². The number of nitrogens with one attached hydrogen (secondary N) is 3. The second kappa shape index (κ2) is 13.8. The number of hydrogen-bond acceptors (Lipinski definition) is 7. The molecule has 3 aliphatic rings. The summed E-state index contributed by atoms with van der Waals surface area (Å²) in [4.78, 5) is 33.9. The highest BCUT2D eigenvalue weighted by atomic mass is 32.1. The lowest BCUT2D eigenvalue weighted by Crippen LogP contribution is -2.54. The second-order valence-corrected chi connectivity index (χ2v) is 13.7. The molecule has 0 spiro atoms. The second-order valence-electron chi connectivity index (χ2n) is 12.6. The molecule has 2 aliphatic carbocycles. The Kier molecular flexibility index (Phi) is 10.1. The summed E-state index contributed by atoms with van der Waals surface area (Å²) in [5.74, 6) is 1.28. The average Bonchev–Trinajstić information content (AvgIpc) is 3.33. The zero-order valence-corrected chi connectivity index (χ0v) is 25.7. The highest BCUT2D eigenvalue weighted by Crippen LogP contribution is 2.32. The summed E-state index contributed by atoms with van der Waals surface area (Å²) in [6.07, 6.45) is 6.13. The normalized spacial score (nSPS) is 23.0. The number of carbonyl (C=O) groups is 2. The quantitative estimate of drug-likeness (QED) is 0.310. The Morgan fingerprint density at radius 2 is 1.93 bits per heavy atom. The van der Waals surface area contributed by atoms with Gasteiger partial charge in [-0.3, -0.25) is 14.5 Å². The Hall–Kier alpha value is -2.33. The van der Waals surface area contributed by atoms with Gasteiger partial charge in [-0.25, -0.2) is 4.98 Å². The first-order chi connectivity index (χ1) is 19.8. The molecule has 1 saturated heterocycles. The van der Waals surface area contributed by atoms with Gasteiger partial charge in [0, 0.05) is 50.3 Å². The molecule has 0 radical (unpaired) electrons. The van der Waals surface area contributed by atoms with Gasteiger partial charge < -0.3 is 20.7 Å². The summed E-state index contributed by atoms with van der Waals surface area (Å²) >= 11 is 1.69. The molecular formula is C32H47N5O3S. The fourth-order valence-corrected chi connectivity index (χ4v) is 7.12. The van der Waals surface area contributed by atoms with Crippen molar-refractivity contribution in [1.29, 1.82) is 0 Å². The van der Waals surface area contributed by atoms with Crippen LogP contribution in [0.5, 0.6) is 0 Å². The minimum atomic E-state index is -0.356. The van der Waals surface area contributed by atoms with E-state index in [4.69, 9.17) is 9.72 Å². The maximum absolute atomic E-state index is 13.8. The highest BCUT2D eigenvalue weighted by Gasteiger charge is 2.37. The van der Waals surface area contributed by atoms with Crippen molar-refractivity contribution in [3.8, 4) is 0 Å². The van der Waals surface area contributed by atoms with E-state index in [0.717, 1.165) is 42.9 Å². The van der Waals surface area contributed by atoms with E-state index in [0.29, 0.717) is 62.1 Å². The van der Waals surface area contributed by atoms with E-state index < -0.39 is 0 Å². The number of benzene rings is 1. The van der Waals surface area contributed by atoms with Gasteiger partial charge in [0.05, 0.1) is 34.5 Å². The lowest BCUT2D eigenvalue weighted by atomic mass is 9.97. The number of fused-ring (bicyclic) bond motifs is 1. The number of thiazole rings is 1. The van der Waals surface area contributed by atoms with Gasteiger partial charge in [-0.1, -0.05) is 46.3 Å². The van der Waals surface area contributed by atoms with E-state index in [1.54, 1.807) is 11.3 Å². The smallest absolute Gasteiger partial charge is 0.247 e. The van der Waals surface area contributed by atoms with E-state index in [1.807, 2.05) is 0 Å². The maximum Gasteiger partial charge on any atom is 0.247 e. The minimum Gasteiger partial charge on any atom is -0.379 e. The van der Waals surface area contributed by atoms with Crippen LogP contribution in [0.4, 0.5) is 0 Å². The molecule has 1 aromatic heterocycles. The molecule has 8 nitrogen and oxygen atoms in total. The number of amides is 2. The number of carbonyl (C=O) groups excluding carboxylic acids is 2. The molecule has 0 bridgehead atoms. The fraction of sp³-hybridized carbons (Fsp3) is 0.656. The van der Waals surface area contributed by atoms with Gasteiger partial charge in [-0.05, 0) is 54.7 Å². The van der Waals surface area contributed by atoms with Gasteiger partial charge in [0.15, 0.2) is 0 Å². The van der Waals surface area contributed by atoms with E-state index in [-0.39, 0.29) is 23.9 Å². The van der Waals surface area contributed by atoms with Crippen LogP contribution in [0.2, 0.25) is 0 Å². The molecule has 5 rings (SSSR count). The summed E-state index contributed by atoms with van der Waals surface area (Å²) in [7, 11) is 0. The monoisotopic (exact) mass is 581 g/mol. The molecule has 2 saturated carbocycles. The van der Waals surface area contributed by atoms with Crippen molar-refractivity contribution in [2.24, 2.45) is 11.8 Å². The zero-order valence-electron chi connectivity index (χ0n) is 24.9. The minimum absolute atomic E-state index is 0.00418. The maximum atomic E-state index is 13.8. The molecule has 2 heterocycles. The Balaban J connectivity index is 1.23. The van der Waals surface area contributed by atoms with Crippen LogP contribution in [-0.4, -0.2) is 79.2 Å². The average molecular weight is 582 g/mol. The third-order valence-electron chi connectivity index (χ3n) is 8.96. The lowest BCUT2D eigenvalue weighted by Gasteiger charge is -2.29. The number of morpholine rings is 1. The van der Waals surface area contributed by atoms with Crippen molar-refractivity contribution in [2.45, 2.75) is 83.3 Å². The lowest BCUT2D eigenvalue weighted by molar-refractivity contribution is -0.125. The molecule has 3 N–H and O–H groups in total. The Morgan fingerprint density at radius 3 is 2.61 bits per heavy atom. The fourth-order valence-electron chi connectivity index (χ4n) is 6.06. The highest BCUT2D eigenvalue weighted by molar-refractivity contribution is 7.18. The van der Waals surface area contributed by atoms with Gasteiger partial charge in [0.1, 0.15) is 0 Å². The van der Waals surface area contributed by atoms with Crippen molar-refractivity contribution in [1.82, 2.24) is 25.8 Å². The van der Waals surface area contributed by atoms with Crippen LogP contribution in [-0.2, 0) is 20.7 Å². The SMILES string of the molecule is C=C(CN1CCOCC1)C(=O)NCC(NC(=O)[C@H](Cc1nc2ccc(C(C)C)cc2s1)NC1CC1C)C1CCCC1. The van der Waals surface area contributed by atoms with Crippen molar-refractivity contribution in [3.63, 3.8) is 0 Å². The largest absolute Gasteiger partial charge is 0.379 e. The topological polar surface area (TPSA) is 95.6 Å². The van der Waals surface area contributed by atoms with Crippen molar-refractivity contribution in [2.75, 3.05) is 39.4 Å². The number of hydrogen-bond donors (Lipinski definition) is 3. The molecule has 3 unspecified atom stereocenters. The van der Waals surface area contributed by atoms with E-state index in [9.17, 15) is 9.59 Å². The van der Waals surface area contributed by atoms with Gasteiger partial charge in [-0.2, -0.15) is 0 Å². The molecule has 4 atom stereocenters. The van der Waals surface area contributed by atoms with Crippen molar-refractivity contribution < 1.29 is 14.3 Å². The van der Waals surface area contributed by atoms with E-state index in [1.165, 1.54) is 23.1 Å². The van der Waals surface area contributed by atoms with Gasteiger partial charge in [0.2, 0.25) is 11.8 Å². The zero-order chi connectivity index (χ0) is 28.9. The van der Waals surface area contributed by atoms with Crippen LogP contribution in [0, 0.1) is 11.8 Å². The Bertz CT molecular complexity index is 1220. The number of aromatic nitrogens is 1. The van der Waals surface area contributed by atoms with Crippen molar-refractivity contribution >= 4 is 33.4 Å². The molecule has 224 valence electrons. The number of ether oxygens (including phenoxy) is 1. The van der Waals surface area contributed by atoms with Crippen LogP contribution in [0.3, 0.4) is 0 Å². The summed E-state index contributed by atoms with van der Waals surface area (Å²) < 4.78 is 6.59. The summed E-state index contributed by atoms with van der Waals surface area (Å²) in [5, 5.41) is 11.1. The molecule has 41 heavy (non-hydrogen) atoms. The van der Waals surface area contributed by atoms with Gasteiger partial charge in [0.25, 0.3) is 0 Å². The Labute approximate surface area is 248 Å². The van der Waals surface area contributed by atoms with E-state index in [2.05, 4.69) is 66.4 Å². The van der Waals surface area contributed by atoms with E-state index >= 15 is 0 Å². The summed E-state index contributed by atoms with van der Waals surface area (Å²) in [6, 6.07) is 6.39. The first kappa shape index (κ1) is 30.1. The third-order valence-corrected chi connectivity index (χ3v) is 10.0. The number of rotatable bonds is 13. The number of nitrogens with zero attached hydrogens (tertiary/aromatic N) is 2. The standard InChI is InChI=1S/C32H47N5O3S/c1-20(2)24-9-10-25-29(16-24)41-30(35-25)17-27(34-26-15-21(26)3)32(39)36-28(23-7-5-6-8-23)18-33-31(38)22(4)19-37-11-13-40-14-12-37/h9-10,16,20-21,23,26-28,34H,4-8,11-15,17-19H2,1-3H3,(H,33,38)(H,36,39)/t21?,26?,27-,28?/m0/s1. The van der Waals surface area contributed by atoms with Crippen LogP contribution in [0.25, 0.3) is 10.2 Å². The van der Waals surface area contributed by atoms with Gasteiger partial charge >= 0.3 is 0 Å². The summed E-state index contributed by atoms with van der Waals surface area (Å²) in [6.45, 7) is 14.6. The molecule has 1 aromatic carbocycles. The van der Waals surface area contributed by atoms with Crippen LogP contribution in [0.15, 0.2) is 30.4 Å². The molecule has 9 heteroatoms. The molecule has 2 aromatic rings. The summed E-state index contributed by atoms with van der Waals surface area (Å²) in [5.41, 5.74) is 2.86. The van der Waals surface area contributed by atoms with Crippen LogP contribution in [0.1, 0.15) is 69.4 Å². The molecule has 3 fully saturated rings. The molecule has 2 amide bonds. The predicted octanol–water partition coefficient (Wildman–Crippen LogP) is 4.01. The first-order valence-corrected chi connectivity index (χ1v) is 16.3. The van der Waals surface area contributed by atoms with Crippen LogP contribution >= 0.6 is 11.3 Å².